The molecule has 0 aliphatic carbocycles. The van der Waals surface area contributed by atoms with Crippen molar-refractivity contribution in [3.8, 4) is 0 Å². The highest BCUT2D eigenvalue weighted by molar-refractivity contribution is 5.92. The molecule has 0 atom stereocenters. The van der Waals surface area contributed by atoms with E-state index in [0.29, 0.717) is 5.65 Å². The molecule has 2 aromatic heterocycles. The molecule has 0 saturated carbocycles. The van der Waals surface area contributed by atoms with E-state index in [1.807, 2.05) is 38.1 Å². The van der Waals surface area contributed by atoms with Crippen LogP contribution < -0.4 is 15.8 Å². The molecule has 156 valence electrons. The minimum absolute atomic E-state index is 0.124. The highest BCUT2D eigenvalue weighted by atomic mass is 16.1. The number of nitrogens with zero attached hydrogens (tertiary/aromatic N) is 3. The van der Waals surface area contributed by atoms with Crippen molar-refractivity contribution < 1.29 is 4.79 Å². The van der Waals surface area contributed by atoms with Crippen LogP contribution >= 0.6 is 0 Å². The van der Waals surface area contributed by atoms with Gasteiger partial charge in [0.25, 0.3) is 5.56 Å². The predicted octanol–water partition coefficient (Wildman–Crippen LogP) is 3.51. The average Bonchev–Trinajstić information content (AvgIpc) is 3.35. The Labute approximate surface area is 179 Å². The number of aryl methyl sites for hydroxylation is 2. The lowest BCUT2D eigenvalue weighted by atomic mass is 10.1. The molecule has 0 unspecified atom stereocenters. The van der Waals surface area contributed by atoms with Crippen molar-refractivity contribution in [3.63, 3.8) is 0 Å². The molecule has 5 rings (SSSR count). The molecule has 0 radical (unpaired) electrons. The van der Waals surface area contributed by atoms with Crippen LogP contribution in [-0.2, 0) is 17.6 Å². The number of para-hydroxylation sites is 1. The lowest BCUT2D eigenvalue weighted by molar-refractivity contribution is -0.115. The molecule has 2 aromatic carbocycles. The minimum Gasteiger partial charge on any atom is -0.341 e. The van der Waals surface area contributed by atoms with Gasteiger partial charge in [0.15, 0.2) is 5.65 Å². The molecule has 1 aliphatic rings. The van der Waals surface area contributed by atoms with Gasteiger partial charge in [-0.1, -0.05) is 18.2 Å². The van der Waals surface area contributed by atoms with E-state index in [-0.39, 0.29) is 17.9 Å². The number of anilines is 3. The third-order valence-electron chi connectivity index (χ3n) is 5.89. The van der Waals surface area contributed by atoms with Crippen molar-refractivity contribution in [2.24, 2.45) is 0 Å². The van der Waals surface area contributed by atoms with E-state index in [9.17, 15) is 9.59 Å². The summed E-state index contributed by atoms with van der Waals surface area (Å²) in [6.07, 6.45) is 1.22. The second-order valence-electron chi connectivity index (χ2n) is 7.88. The molecule has 0 bridgehead atoms. The Bertz CT molecular complexity index is 1350. The highest BCUT2D eigenvalue weighted by Gasteiger charge is 2.20. The maximum Gasteiger partial charge on any atom is 0.266 e. The van der Waals surface area contributed by atoms with Gasteiger partial charge in [-0.15, -0.1) is 0 Å². The predicted molar refractivity (Wildman–Crippen MR) is 121 cm³/mol. The number of nitrogens with one attached hydrogen (secondary N) is 2. The summed E-state index contributed by atoms with van der Waals surface area (Å²) < 4.78 is 1.63. The number of H-pyrrole nitrogens is 1. The number of fused-ring (bicyclic) bond motifs is 2. The number of rotatable bonds is 4. The number of aromatic amines is 1. The van der Waals surface area contributed by atoms with E-state index in [0.717, 1.165) is 41.3 Å². The van der Waals surface area contributed by atoms with Gasteiger partial charge < -0.3 is 10.2 Å². The Balaban J connectivity index is 1.32. The summed E-state index contributed by atoms with van der Waals surface area (Å²) in [6, 6.07) is 17.8. The molecular weight excluding hydrogens is 390 g/mol. The topological polar surface area (TPSA) is 82.5 Å². The molecule has 4 aromatic rings. The molecule has 2 N–H and O–H groups in total. The summed E-state index contributed by atoms with van der Waals surface area (Å²) in [5, 5.41) is 5.69. The molecule has 0 spiro atoms. The molecule has 1 amide bonds. The Morgan fingerprint density at radius 3 is 2.71 bits per heavy atom. The van der Waals surface area contributed by atoms with Gasteiger partial charge >= 0.3 is 0 Å². The summed E-state index contributed by atoms with van der Waals surface area (Å²) in [5.41, 5.74) is 7.18. The lowest BCUT2D eigenvalue weighted by Gasteiger charge is -2.20. The first-order valence-electron chi connectivity index (χ1n) is 10.3. The fourth-order valence-corrected chi connectivity index (χ4v) is 4.31. The molecule has 7 heteroatoms. The summed E-state index contributed by atoms with van der Waals surface area (Å²) >= 11 is 0. The molecule has 3 heterocycles. The molecular formula is C24H23N5O2. The number of aromatic nitrogens is 3. The van der Waals surface area contributed by atoms with E-state index in [4.69, 9.17) is 0 Å². The van der Waals surface area contributed by atoms with Gasteiger partial charge in [0.05, 0.1) is 6.42 Å². The maximum atomic E-state index is 12.7. The molecule has 0 fully saturated rings. The van der Waals surface area contributed by atoms with Crippen LogP contribution in [0.4, 0.5) is 17.1 Å². The zero-order valence-corrected chi connectivity index (χ0v) is 17.5. The molecule has 7 nitrogen and oxygen atoms in total. The van der Waals surface area contributed by atoms with Crippen molar-refractivity contribution >= 4 is 28.6 Å². The van der Waals surface area contributed by atoms with Gasteiger partial charge in [-0.05, 0) is 56.2 Å². The van der Waals surface area contributed by atoms with Crippen LogP contribution in [0, 0.1) is 13.8 Å². The van der Waals surface area contributed by atoms with Gasteiger partial charge in [-0.2, -0.15) is 0 Å². The zero-order valence-electron chi connectivity index (χ0n) is 17.5. The van der Waals surface area contributed by atoms with E-state index in [1.165, 1.54) is 17.3 Å². The van der Waals surface area contributed by atoms with Crippen LogP contribution in [0.3, 0.4) is 0 Å². The first kappa shape index (κ1) is 19.1. The van der Waals surface area contributed by atoms with Crippen molar-refractivity contribution in [2.75, 3.05) is 16.8 Å². The fourth-order valence-electron chi connectivity index (χ4n) is 4.31. The highest BCUT2D eigenvalue weighted by Crippen LogP contribution is 2.34. The van der Waals surface area contributed by atoms with E-state index in [1.54, 1.807) is 4.52 Å². The average molecular weight is 413 g/mol. The minimum atomic E-state index is -0.211. The second-order valence-corrected chi connectivity index (χ2v) is 7.88. The monoisotopic (exact) mass is 413 g/mol. The molecule has 0 saturated heterocycles. The fraction of sp³-hybridized carbons (Fsp3) is 0.208. The van der Waals surface area contributed by atoms with Crippen LogP contribution in [0.1, 0.15) is 22.5 Å². The van der Waals surface area contributed by atoms with Gasteiger partial charge in [-0.25, -0.2) is 9.50 Å². The van der Waals surface area contributed by atoms with Gasteiger partial charge in [0, 0.05) is 46.6 Å². The Hall–Kier alpha value is -3.87. The first-order chi connectivity index (χ1) is 15.0. The largest absolute Gasteiger partial charge is 0.341 e. The van der Waals surface area contributed by atoms with Crippen LogP contribution in [0.25, 0.3) is 5.65 Å². The van der Waals surface area contributed by atoms with Crippen LogP contribution in [0.5, 0.6) is 0 Å². The van der Waals surface area contributed by atoms with Crippen LogP contribution in [0.15, 0.2) is 59.4 Å². The number of amides is 1. The van der Waals surface area contributed by atoms with E-state index >= 15 is 0 Å². The quantitative estimate of drug-likeness (QED) is 0.536. The molecule has 1 aliphatic heterocycles. The first-order valence-corrected chi connectivity index (χ1v) is 10.3. The van der Waals surface area contributed by atoms with Crippen molar-refractivity contribution in [1.29, 1.82) is 0 Å². The number of benzene rings is 2. The summed E-state index contributed by atoms with van der Waals surface area (Å²) in [7, 11) is 0. The van der Waals surface area contributed by atoms with Gasteiger partial charge in [-0.3, -0.25) is 14.7 Å². The van der Waals surface area contributed by atoms with Gasteiger partial charge in [0.2, 0.25) is 5.91 Å². The SMILES string of the molecule is Cc1nc2cc(=O)[nH]n2c(C)c1CC(=O)Nc1ccc(N2CCc3ccccc32)cc1. The number of carbonyl (C=O) groups excluding carboxylic acids is 1. The smallest absolute Gasteiger partial charge is 0.266 e. The van der Waals surface area contributed by atoms with Crippen LogP contribution in [0.2, 0.25) is 0 Å². The lowest BCUT2D eigenvalue weighted by Crippen LogP contribution is -2.18. The summed E-state index contributed by atoms with van der Waals surface area (Å²) in [5.74, 6) is -0.124. The summed E-state index contributed by atoms with van der Waals surface area (Å²) in [4.78, 5) is 31.1. The standard InChI is InChI=1S/C24H23N5O2/c1-15-20(16(2)29-22(25-15)14-24(31)27-29)13-23(30)26-18-7-9-19(10-8-18)28-12-11-17-5-3-4-6-21(17)28/h3-10,14H,11-13H2,1-2H3,(H,26,30)(H,27,31). The third-order valence-corrected chi connectivity index (χ3v) is 5.89. The van der Waals surface area contributed by atoms with Crippen LogP contribution in [-0.4, -0.2) is 27.0 Å². The zero-order chi connectivity index (χ0) is 21.5. The van der Waals surface area contributed by atoms with Crippen molar-refractivity contribution in [1.82, 2.24) is 14.6 Å². The normalized spacial score (nSPS) is 12.9. The third kappa shape index (κ3) is 3.48. The second kappa shape index (κ2) is 7.43. The number of hydrogen-bond acceptors (Lipinski definition) is 4. The van der Waals surface area contributed by atoms with E-state index in [2.05, 4.69) is 44.6 Å². The van der Waals surface area contributed by atoms with Crippen molar-refractivity contribution in [2.45, 2.75) is 26.7 Å². The molecule has 31 heavy (non-hydrogen) atoms. The summed E-state index contributed by atoms with van der Waals surface area (Å²) in [6.45, 7) is 4.69. The van der Waals surface area contributed by atoms with Crippen molar-refractivity contribution in [3.05, 3.63) is 87.5 Å². The Morgan fingerprint density at radius 1 is 1.13 bits per heavy atom. The number of hydrogen-bond donors (Lipinski definition) is 2. The number of carbonyl (C=O) groups is 1. The Kier molecular flexibility index (Phi) is 4.58. The maximum absolute atomic E-state index is 12.7. The Morgan fingerprint density at radius 2 is 1.90 bits per heavy atom. The van der Waals surface area contributed by atoms with E-state index < -0.39 is 0 Å². The van der Waals surface area contributed by atoms with Gasteiger partial charge in [0.1, 0.15) is 0 Å².